The number of thiophene rings is 1. The third-order valence-electron chi connectivity index (χ3n) is 3.58. The van der Waals surface area contributed by atoms with Gasteiger partial charge in [0.05, 0.1) is 16.9 Å². The highest BCUT2D eigenvalue weighted by molar-refractivity contribution is 7.11. The average Bonchev–Trinajstić information content (AvgIpc) is 3.01. The molecule has 3 rings (SSSR count). The summed E-state index contributed by atoms with van der Waals surface area (Å²) in [5.74, 6) is 1.30. The number of aromatic nitrogens is 2. The standard InChI is InChI=1S/C16H16Cl2N2S/c1-10(7-13-5-3-11(2)21-13)20-15-8-12(18)4-6-14(15)19-16(20)9-17/h3-6,8,10H,7,9H2,1-2H3. The zero-order chi connectivity index (χ0) is 15.0. The lowest BCUT2D eigenvalue weighted by molar-refractivity contribution is 0.547. The molecule has 0 radical (unpaired) electrons. The van der Waals surface area contributed by atoms with Gasteiger partial charge in [-0.2, -0.15) is 0 Å². The molecule has 0 aliphatic heterocycles. The van der Waals surface area contributed by atoms with Gasteiger partial charge in [-0.3, -0.25) is 0 Å². The summed E-state index contributed by atoms with van der Waals surface area (Å²) in [6, 6.07) is 10.4. The lowest BCUT2D eigenvalue weighted by Crippen LogP contribution is -2.10. The van der Waals surface area contributed by atoms with E-state index in [4.69, 9.17) is 23.2 Å². The molecule has 5 heteroatoms. The van der Waals surface area contributed by atoms with Crippen LogP contribution >= 0.6 is 34.5 Å². The number of alkyl halides is 1. The first kappa shape index (κ1) is 14.9. The first-order valence-corrected chi connectivity index (χ1v) is 8.59. The van der Waals surface area contributed by atoms with Gasteiger partial charge in [-0.25, -0.2) is 4.98 Å². The van der Waals surface area contributed by atoms with E-state index in [9.17, 15) is 0 Å². The van der Waals surface area contributed by atoms with Crippen LogP contribution in [0.3, 0.4) is 0 Å². The molecule has 0 spiro atoms. The van der Waals surface area contributed by atoms with Gasteiger partial charge >= 0.3 is 0 Å². The molecular formula is C16H16Cl2N2S. The lowest BCUT2D eigenvalue weighted by Gasteiger charge is -2.16. The van der Waals surface area contributed by atoms with Crippen LogP contribution in [-0.2, 0) is 12.3 Å². The average molecular weight is 339 g/mol. The van der Waals surface area contributed by atoms with Crippen molar-refractivity contribution in [3.63, 3.8) is 0 Å². The summed E-state index contributed by atoms with van der Waals surface area (Å²) in [6.45, 7) is 4.34. The van der Waals surface area contributed by atoms with Crippen LogP contribution in [0.4, 0.5) is 0 Å². The largest absolute Gasteiger partial charge is 0.324 e. The Labute approximate surface area is 138 Å². The molecule has 0 bridgehead atoms. The third-order valence-corrected chi connectivity index (χ3v) is 5.07. The Bertz CT molecular complexity index is 776. The molecule has 1 unspecified atom stereocenters. The Morgan fingerprint density at radius 1 is 1.29 bits per heavy atom. The number of hydrogen-bond donors (Lipinski definition) is 0. The molecule has 0 saturated heterocycles. The van der Waals surface area contributed by atoms with Crippen molar-refractivity contribution >= 4 is 45.6 Å². The van der Waals surface area contributed by atoms with Crippen LogP contribution in [0.1, 0.15) is 28.5 Å². The fourth-order valence-corrected chi connectivity index (χ4v) is 4.04. The van der Waals surface area contributed by atoms with E-state index in [1.807, 2.05) is 29.5 Å². The predicted molar refractivity (Wildman–Crippen MR) is 91.8 cm³/mol. The van der Waals surface area contributed by atoms with Crippen LogP contribution in [0.15, 0.2) is 30.3 Å². The third kappa shape index (κ3) is 2.96. The summed E-state index contributed by atoms with van der Waals surface area (Å²) in [5, 5.41) is 0.726. The van der Waals surface area contributed by atoms with Crippen molar-refractivity contribution in [2.75, 3.05) is 0 Å². The molecule has 0 amide bonds. The molecule has 0 aliphatic rings. The topological polar surface area (TPSA) is 17.8 Å². The van der Waals surface area contributed by atoms with Crippen LogP contribution in [0, 0.1) is 6.92 Å². The SMILES string of the molecule is Cc1ccc(CC(C)n2c(CCl)nc3ccc(Cl)cc32)s1. The summed E-state index contributed by atoms with van der Waals surface area (Å²) in [5.41, 5.74) is 2.00. The van der Waals surface area contributed by atoms with Gasteiger partial charge in [0.1, 0.15) is 5.82 Å². The van der Waals surface area contributed by atoms with Crippen LogP contribution in [0.5, 0.6) is 0 Å². The Morgan fingerprint density at radius 2 is 2.10 bits per heavy atom. The van der Waals surface area contributed by atoms with E-state index in [1.165, 1.54) is 9.75 Å². The number of halogens is 2. The van der Waals surface area contributed by atoms with Gasteiger partial charge in [0.15, 0.2) is 0 Å². The fourth-order valence-electron chi connectivity index (χ4n) is 2.68. The van der Waals surface area contributed by atoms with Crippen molar-refractivity contribution in [1.82, 2.24) is 9.55 Å². The summed E-state index contributed by atoms with van der Waals surface area (Å²) in [6.07, 6.45) is 0.973. The van der Waals surface area contributed by atoms with Gasteiger partial charge in [0, 0.05) is 27.2 Å². The van der Waals surface area contributed by atoms with E-state index < -0.39 is 0 Å². The normalized spacial score (nSPS) is 13.0. The molecule has 1 aromatic carbocycles. The maximum absolute atomic E-state index is 6.14. The minimum atomic E-state index is 0.292. The van der Waals surface area contributed by atoms with Crippen LogP contribution < -0.4 is 0 Å². The van der Waals surface area contributed by atoms with Gasteiger partial charge in [0.2, 0.25) is 0 Å². The molecule has 0 saturated carbocycles. The van der Waals surface area contributed by atoms with Crippen LogP contribution in [0.2, 0.25) is 5.02 Å². The highest BCUT2D eigenvalue weighted by atomic mass is 35.5. The first-order chi connectivity index (χ1) is 10.1. The molecular weight excluding hydrogens is 323 g/mol. The number of benzene rings is 1. The second-order valence-corrected chi connectivity index (χ2v) is 7.31. The molecule has 1 atom stereocenters. The molecule has 2 nitrogen and oxygen atoms in total. The van der Waals surface area contributed by atoms with Gasteiger partial charge in [0.25, 0.3) is 0 Å². The Hall–Kier alpha value is -1.03. The van der Waals surface area contributed by atoms with Crippen molar-refractivity contribution in [3.8, 4) is 0 Å². The number of aryl methyl sites for hydroxylation is 1. The van der Waals surface area contributed by atoms with E-state index in [1.54, 1.807) is 0 Å². The Kier molecular flexibility index (Phi) is 4.25. The predicted octanol–water partition coefficient (Wildman–Crippen LogP) is 5.60. The zero-order valence-electron chi connectivity index (χ0n) is 11.9. The maximum atomic E-state index is 6.14. The first-order valence-electron chi connectivity index (χ1n) is 6.86. The van der Waals surface area contributed by atoms with Crippen molar-refractivity contribution < 1.29 is 0 Å². The summed E-state index contributed by atoms with van der Waals surface area (Å²) in [7, 11) is 0. The van der Waals surface area contributed by atoms with Gasteiger partial charge in [-0.05, 0) is 44.2 Å². The highest BCUT2D eigenvalue weighted by Gasteiger charge is 2.16. The minimum Gasteiger partial charge on any atom is -0.324 e. The Balaban J connectivity index is 2.02. The van der Waals surface area contributed by atoms with Crippen LogP contribution in [-0.4, -0.2) is 9.55 Å². The van der Waals surface area contributed by atoms with E-state index in [0.717, 1.165) is 28.3 Å². The minimum absolute atomic E-state index is 0.292. The highest BCUT2D eigenvalue weighted by Crippen LogP contribution is 2.28. The summed E-state index contributed by atoms with van der Waals surface area (Å²) in [4.78, 5) is 7.34. The maximum Gasteiger partial charge on any atom is 0.125 e. The number of fused-ring (bicyclic) bond motifs is 1. The van der Waals surface area contributed by atoms with Gasteiger partial charge < -0.3 is 4.57 Å². The monoisotopic (exact) mass is 338 g/mol. The molecule has 0 aliphatic carbocycles. The van der Waals surface area contributed by atoms with Crippen molar-refractivity contribution in [2.45, 2.75) is 32.2 Å². The van der Waals surface area contributed by atoms with E-state index >= 15 is 0 Å². The molecule has 2 heterocycles. The number of rotatable bonds is 4. The van der Waals surface area contributed by atoms with Crippen LogP contribution in [0.25, 0.3) is 11.0 Å². The van der Waals surface area contributed by atoms with E-state index in [-0.39, 0.29) is 0 Å². The van der Waals surface area contributed by atoms with E-state index in [2.05, 4.69) is 35.5 Å². The molecule has 0 N–H and O–H groups in total. The number of nitrogens with zero attached hydrogens (tertiary/aromatic N) is 2. The number of hydrogen-bond acceptors (Lipinski definition) is 2. The number of imidazole rings is 1. The molecule has 0 fully saturated rings. The quantitative estimate of drug-likeness (QED) is 0.566. The Morgan fingerprint density at radius 3 is 2.76 bits per heavy atom. The molecule has 21 heavy (non-hydrogen) atoms. The van der Waals surface area contributed by atoms with Crippen molar-refractivity contribution in [3.05, 3.63) is 50.9 Å². The second-order valence-electron chi connectivity index (χ2n) is 5.23. The summed E-state index contributed by atoms with van der Waals surface area (Å²) < 4.78 is 2.21. The zero-order valence-corrected chi connectivity index (χ0v) is 14.3. The smallest absolute Gasteiger partial charge is 0.125 e. The van der Waals surface area contributed by atoms with E-state index in [0.29, 0.717) is 11.9 Å². The van der Waals surface area contributed by atoms with Crippen molar-refractivity contribution in [1.29, 1.82) is 0 Å². The molecule has 3 aromatic rings. The lowest BCUT2D eigenvalue weighted by atomic mass is 10.2. The second kappa shape index (κ2) is 5.99. The summed E-state index contributed by atoms with van der Waals surface area (Å²) >= 11 is 14.1. The fraction of sp³-hybridized carbons (Fsp3) is 0.312. The van der Waals surface area contributed by atoms with Crippen molar-refractivity contribution in [2.24, 2.45) is 0 Å². The van der Waals surface area contributed by atoms with Gasteiger partial charge in [-0.15, -0.1) is 22.9 Å². The molecule has 110 valence electrons. The van der Waals surface area contributed by atoms with Gasteiger partial charge in [-0.1, -0.05) is 11.6 Å². The molecule has 2 aromatic heterocycles.